The highest BCUT2D eigenvalue weighted by Gasteiger charge is 2.28. The van der Waals surface area contributed by atoms with Crippen LogP contribution in [0, 0.1) is 0 Å². The first-order chi connectivity index (χ1) is 18.7. The predicted molar refractivity (Wildman–Crippen MR) is 140 cm³/mol. The fraction of sp³-hybridized carbons (Fsp3) is 0.625. The van der Waals surface area contributed by atoms with E-state index in [4.69, 9.17) is 19.8 Å². The van der Waals surface area contributed by atoms with Gasteiger partial charge in [0.05, 0.1) is 13.2 Å². The van der Waals surface area contributed by atoms with E-state index in [1.165, 1.54) is 6.33 Å². The highest BCUT2D eigenvalue weighted by Crippen LogP contribution is 2.29. The van der Waals surface area contributed by atoms with Crippen LogP contribution in [0.1, 0.15) is 19.5 Å². The molecule has 2 aliphatic rings. The molecule has 15 heteroatoms. The Morgan fingerprint density at radius 1 is 1.13 bits per heavy atom. The van der Waals surface area contributed by atoms with Crippen molar-refractivity contribution in [1.82, 2.24) is 45.2 Å². The van der Waals surface area contributed by atoms with E-state index < -0.39 is 12.8 Å². The van der Waals surface area contributed by atoms with Crippen LogP contribution in [0.4, 0.5) is 30.8 Å². The van der Waals surface area contributed by atoms with Crippen molar-refractivity contribution >= 4 is 28.6 Å². The summed E-state index contributed by atoms with van der Waals surface area (Å²) in [5.74, 6) is 1.57. The van der Waals surface area contributed by atoms with Gasteiger partial charge in [0.2, 0.25) is 5.95 Å². The van der Waals surface area contributed by atoms with E-state index in [0.717, 1.165) is 45.0 Å². The number of alkyl halides is 3. The molecule has 2 aliphatic heterocycles. The van der Waals surface area contributed by atoms with Crippen LogP contribution in [0.3, 0.4) is 0 Å². The van der Waals surface area contributed by atoms with Crippen molar-refractivity contribution in [2.75, 3.05) is 62.7 Å². The maximum atomic E-state index is 12.7. The molecule has 2 saturated heterocycles. The minimum Gasteiger partial charge on any atom is -0.370 e. The second-order valence-corrected chi connectivity index (χ2v) is 10.0. The summed E-state index contributed by atoms with van der Waals surface area (Å²) in [6.07, 6.45) is -1.35. The highest BCUT2D eigenvalue weighted by atomic mass is 19.4. The molecule has 12 nitrogen and oxygen atoms in total. The largest absolute Gasteiger partial charge is 0.411 e. The second kappa shape index (κ2) is 11.9. The first-order valence-electron chi connectivity index (χ1n) is 13.1. The van der Waals surface area contributed by atoms with Crippen molar-refractivity contribution in [3.8, 4) is 0 Å². The van der Waals surface area contributed by atoms with Gasteiger partial charge >= 0.3 is 6.18 Å². The standard InChI is InChI=1S/C24H34F3N11O/c1-16-11-36(12-17(2)31-16)13-18-20-21(38(35-18)9-10-39-14-24(25,26)27)22(32-19-3-4-29-15-30-19)34-23(33-20)37-7-5-28-6-8-37/h3-4,15-17,28,31H,5-14H2,1-2H3,(H,29,30,32,33,34). The number of anilines is 3. The smallest absolute Gasteiger partial charge is 0.370 e. The number of rotatable bonds is 9. The molecule has 0 radical (unpaired) electrons. The van der Waals surface area contributed by atoms with Crippen LogP contribution in [0.5, 0.6) is 0 Å². The van der Waals surface area contributed by atoms with E-state index in [0.29, 0.717) is 47.2 Å². The lowest BCUT2D eigenvalue weighted by Gasteiger charge is -2.35. The Bertz CT molecular complexity index is 1220. The van der Waals surface area contributed by atoms with E-state index in [-0.39, 0.29) is 13.2 Å². The van der Waals surface area contributed by atoms with Crippen molar-refractivity contribution < 1.29 is 17.9 Å². The van der Waals surface area contributed by atoms with Gasteiger partial charge < -0.3 is 25.6 Å². The summed E-state index contributed by atoms with van der Waals surface area (Å²) >= 11 is 0. The van der Waals surface area contributed by atoms with Crippen molar-refractivity contribution in [3.05, 3.63) is 24.3 Å². The van der Waals surface area contributed by atoms with Gasteiger partial charge in [-0.2, -0.15) is 23.3 Å². The van der Waals surface area contributed by atoms with Crippen LogP contribution in [0.15, 0.2) is 18.6 Å². The molecule has 5 heterocycles. The number of halogens is 3. The normalized spacial score (nSPS) is 21.0. The van der Waals surface area contributed by atoms with Crippen LogP contribution in [-0.2, 0) is 17.8 Å². The Morgan fingerprint density at radius 3 is 2.59 bits per heavy atom. The van der Waals surface area contributed by atoms with Crippen molar-refractivity contribution in [3.63, 3.8) is 0 Å². The molecule has 0 saturated carbocycles. The molecule has 212 valence electrons. The van der Waals surface area contributed by atoms with E-state index in [9.17, 15) is 13.2 Å². The molecule has 0 aliphatic carbocycles. The SMILES string of the molecule is CC1CN(Cc2nn(CCOCC(F)(F)F)c3c(Nc4ccncn4)nc(N4CCNCC4)nc23)CC(C)N1. The van der Waals surface area contributed by atoms with Crippen LogP contribution in [-0.4, -0.2) is 105 Å². The molecule has 3 aromatic rings. The minimum atomic E-state index is -4.39. The van der Waals surface area contributed by atoms with Gasteiger partial charge in [0.15, 0.2) is 5.82 Å². The lowest BCUT2D eigenvalue weighted by molar-refractivity contribution is -0.174. The summed E-state index contributed by atoms with van der Waals surface area (Å²) in [5.41, 5.74) is 1.99. The predicted octanol–water partition coefficient (Wildman–Crippen LogP) is 1.53. The number of nitrogens with one attached hydrogen (secondary N) is 3. The van der Waals surface area contributed by atoms with Gasteiger partial charge in [-0.3, -0.25) is 9.58 Å². The van der Waals surface area contributed by atoms with E-state index in [1.54, 1.807) is 16.9 Å². The summed E-state index contributed by atoms with van der Waals surface area (Å²) in [6, 6.07) is 2.36. The van der Waals surface area contributed by atoms with Crippen molar-refractivity contribution in [2.24, 2.45) is 0 Å². The summed E-state index contributed by atoms with van der Waals surface area (Å²) in [5, 5.41) is 15.0. The number of hydrogen-bond donors (Lipinski definition) is 3. The summed E-state index contributed by atoms with van der Waals surface area (Å²) in [4.78, 5) is 22.5. The zero-order valence-electron chi connectivity index (χ0n) is 22.1. The lowest BCUT2D eigenvalue weighted by Crippen LogP contribution is -2.53. The van der Waals surface area contributed by atoms with Gasteiger partial charge in [-0.25, -0.2) is 15.0 Å². The quantitative estimate of drug-likeness (QED) is 0.337. The Labute approximate surface area is 224 Å². The number of ether oxygens (including phenoxy) is 1. The third kappa shape index (κ3) is 7.09. The lowest BCUT2D eigenvalue weighted by atomic mass is 10.1. The Morgan fingerprint density at radius 2 is 1.90 bits per heavy atom. The molecule has 2 fully saturated rings. The molecule has 3 aromatic heterocycles. The average molecular weight is 550 g/mol. The summed E-state index contributed by atoms with van der Waals surface area (Å²) < 4.78 is 44.6. The average Bonchev–Trinajstić information content (AvgIpc) is 3.24. The zero-order chi connectivity index (χ0) is 27.4. The molecule has 0 aromatic carbocycles. The Hall–Kier alpha value is -3.14. The van der Waals surface area contributed by atoms with Gasteiger partial charge in [0.1, 0.15) is 35.5 Å². The molecule has 0 spiro atoms. The molecular weight excluding hydrogens is 515 g/mol. The number of aromatic nitrogens is 6. The molecule has 5 rings (SSSR count). The number of fused-ring (bicyclic) bond motifs is 1. The molecule has 2 unspecified atom stereocenters. The van der Waals surface area contributed by atoms with E-state index in [1.807, 2.05) is 0 Å². The van der Waals surface area contributed by atoms with E-state index in [2.05, 4.69) is 49.6 Å². The van der Waals surface area contributed by atoms with Crippen molar-refractivity contribution in [2.45, 2.75) is 45.2 Å². The third-order valence-corrected chi connectivity index (χ3v) is 6.59. The van der Waals surface area contributed by atoms with Gasteiger partial charge in [-0.15, -0.1) is 0 Å². The van der Waals surface area contributed by atoms with Gasteiger partial charge in [0.25, 0.3) is 0 Å². The van der Waals surface area contributed by atoms with Crippen LogP contribution in [0.2, 0.25) is 0 Å². The minimum absolute atomic E-state index is 0.107. The van der Waals surface area contributed by atoms with Crippen LogP contribution < -0.4 is 20.9 Å². The van der Waals surface area contributed by atoms with E-state index >= 15 is 0 Å². The maximum Gasteiger partial charge on any atom is 0.411 e. The molecule has 0 amide bonds. The highest BCUT2D eigenvalue weighted by molar-refractivity contribution is 5.90. The maximum absolute atomic E-state index is 12.7. The van der Waals surface area contributed by atoms with Crippen molar-refractivity contribution in [1.29, 1.82) is 0 Å². The monoisotopic (exact) mass is 549 g/mol. The second-order valence-electron chi connectivity index (χ2n) is 10.0. The molecule has 39 heavy (non-hydrogen) atoms. The Kier molecular flexibility index (Phi) is 8.40. The zero-order valence-corrected chi connectivity index (χ0v) is 22.1. The fourth-order valence-electron chi connectivity index (χ4n) is 5.10. The molecule has 0 bridgehead atoms. The number of nitrogens with zero attached hydrogens (tertiary/aromatic N) is 8. The fourth-order valence-corrected chi connectivity index (χ4v) is 5.10. The Balaban J connectivity index is 1.54. The molecular formula is C24H34F3N11O. The topological polar surface area (TPSA) is 121 Å². The molecule has 3 N–H and O–H groups in total. The van der Waals surface area contributed by atoms with Gasteiger partial charge in [0, 0.05) is 64.1 Å². The van der Waals surface area contributed by atoms with Crippen LogP contribution >= 0.6 is 0 Å². The number of hydrogen-bond acceptors (Lipinski definition) is 11. The molecule has 2 atom stereocenters. The first kappa shape index (κ1) is 27.4. The summed E-state index contributed by atoms with van der Waals surface area (Å²) in [7, 11) is 0. The summed E-state index contributed by atoms with van der Waals surface area (Å²) in [6.45, 7) is 8.28. The van der Waals surface area contributed by atoms with Gasteiger partial charge in [-0.1, -0.05) is 0 Å². The van der Waals surface area contributed by atoms with Gasteiger partial charge in [-0.05, 0) is 19.9 Å². The first-order valence-corrected chi connectivity index (χ1v) is 13.1. The van der Waals surface area contributed by atoms with Crippen LogP contribution in [0.25, 0.3) is 11.0 Å². The third-order valence-electron chi connectivity index (χ3n) is 6.59. The number of piperazine rings is 2.